The van der Waals surface area contributed by atoms with E-state index in [1.165, 1.54) is 17.3 Å². The van der Waals surface area contributed by atoms with Crippen molar-refractivity contribution in [3.05, 3.63) is 53.7 Å². The fourth-order valence-electron chi connectivity index (χ4n) is 1.52. The predicted octanol–water partition coefficient (Wildman–Crippen LogP) is 2.64. The highest BCUT2D eigenvalue weighted by Crippen LogP contribution is 2.24. The lowest BCUT2D eigenvalue weighted by molar-refractivity contribution is 0.422. The SMILES string of the molecule is Fc1cc(Cl)cnc1Oc1ccc(-n2ncnn2)cc1. The second-order valence-electron chi connectivity index (χ2n) is 3.76. The number of ether oxygens (including phenoxy) is 1. The highest BCUT2D eigenvalue weighted by Gasteiger charge is 2.07. The normalized spacial score (nSPS) is 10.5. The molecule has 20 heavy (non-hydrogen) atoms. The molecule has 0 fully saturated rings. The minimum Gasteiger partial charge on any atom is -0.436 e. The van der Waals surface area contributed by atoms with Crippen molar-refractivity contribution in [2.75, 3.05) is 0 Å². The molecule has 0 N–H and O–H groups in total. The first-order valence-corrected chi connectivity index (χ1v) is 5.92. The second kappa shape index (κ2) is 5.22. The molecule has 0 atom stereocenters. The van der Waals surface area contributed by atoms with E-state index < -0.39 is 5.82 Å². The molecule has 0 saturated carbocycles. The van der Waals surface area contributed by atoms with Gasteiger partial charge in [-0.1, -0.05) is 11.6 Å². The fourth-order valence-corrected chi connectivity index (χ4v) is 1.67. The van der Waals surface area contributed by atoms with E-state index in [0.29, 0.717) is 11.4 Å². The molecule has 3 aromatic rings. The first-order chi connectivity index (χ1) is 9.72. The second-order valence-corrected chi connectivity index (χ2v) is 4.20. The van der Waals surface area contributed by atoms with Crippen molar-refractivity contribution in [3.8, 4) is 17.3 Å². The first-order valence-electron chi connectivity index (χ1n) is 5.55. The molecule has 3 rings (SSSR count). The molecule has 100 valence electrons. The van der Waals surface area contributed by atoms with E-state index in [2.05, 4.69) is 20.4 Å². The van der Waals surface area contributed by atoms with Crippen molar-refractivity contribution >= 4 is 11.6 Å². The lowest BCUT2D eigenvalue weighted by Crippen LogP contribution is -1.98. The molecule has 6 nitrogen and oxygen atoms in total. The molecule has 0 aliphatic rings. The summed E-state index contributed by atoms with van der Waals surface area (Å²) in [5.74, 6) is -0.330. The van der Waals surface area contributed by atoms with Gasteiger partial charge in [0.15, 0.2) is 12.1 Å². The third-order valence-corrected chi connectivity index (χ3v) is 2.61. The maximum Gasteiger partial charge on any atom is 0.255 e. The van der Waals surface area contributed by atoms with E-state index in [4.69, 9.17) is 16.3 Å². The zero-order valence-corrected chi connectivity index (χ0v) is 10.7. The van der Waals surface area contributed by atoms with Crippen molar-refractivity contribution in [2.45, 2.75) is 0 Å². The van der Waals surface area contributed by atoms with Gasteiger partial charge in [0.2, 0.25) is 0 Å². The molecule has 0 radical (unpaired) electrons. The molecule has 0 unspecified atom stereocenters. The van der Waals surface area contributed by atoms with Gasteiger partial charge >= 0.3 is 0 Å². The van der Waals surface area contributed by atoms with Gasteiger partial charge < -0.3 is 4.74 Å². The van der Waals surface area contributed by atoms with Gasteiger partial charge in [-0.05, 0) is 35.5 Å². The highest BCUT2D eigenvalue weighted by atomic mass is 35.5. The Kier molecular flexibility index (Phi) is 3.26. The standard InChI is InChI=1S/C12H7ClFN5O/c13-8-5-11(14)12(15-6-8)20-10-3-1-9(2-4-10)19-17-7-16-18-19/h1-7H. The van der Waals surface area contributed by atoms with Gasteiger partial charge in [0, 0.05) is 6.20 Å². The van der Waals surface area contributed by atoms with Crippen LogP contribution in [0.15, 0.2) is 42.9 Å². The van der Waals surface area contributed by atoms with Crippen LogP contribution in [0.1, 0.15) is 0 Å². The average Bonchev–Trinajstić information content (AvgIpc) is 2.97. The van der Waals surface area contributed by atoms with Crippen LogP contribution in [0, 0.1) is 5.82 Å². The monoisotopic (exact) mass is 291 g/mol. The molecule has 1 aromatic carbocycles. The summed E-state index contributed by atoms with van der Waals surface area (Å²) in [5.41, 5.74) is 0.708. The molecule has 0 aliphatic carbocycles. The summed E-state index contributed by atoms with van der Waals surface area (Å²) in [6.07, 6.45) is 2.64. The van der Waals surface area contributed by atoms with E-state index in [-0.39, 0.29) is 10.9 Å². The number of hydrogen-bond donors (Lipinski definition) is 0. The van der Waals surface area contributed by atoms with Crippen LogP contribution >= 0.6 is 11.6 Å². The number of tetrazole rings is 1. The fraction of sp³-hybridized carbons (Fsp3) is 0. The van der Waals surface area contributed by atoms with Crippen LogP contribution in [0.4, 0.5) is 4.39 Å². The van der Waals surface area contributed by atoms with Crippen molar-refractivity contribution in [1.82, 2.24) is 25.2 Å². The van der Waals surface area contributed by atoms with Crippen LogP contribution in [-0.4, -0.2) is 25.2 Å². The number of hydrogen-bond acceptors (Lipinski definition) is 5. The highest BCUT2D eigenvalue weighted by molar-refractivity contribution is 6.30. The maximum absolute atomic E-state index is 13.5. The van der Waals surface area contributed by atoms with Crippen LogP contribution in [-0.2, 0) is 0 Å². The van der Waals surface area contributed by atoms with Crippen LogP contribution in [0.3, 0.4) is 0 Å². The smallest absolute Gasteiger partial charge is 0.255 e. The van der Waals surface area contributed by atoms with Crippen LogP contribution in [0.5, 0.6) is 11.6 Å². The Morgan fingerprint density at radius 3 is 2.65 bits per heavy atom. The third kappa shape index (κ3) is 2.57. The number of rotatable bonds is 3. The van der Waals surface area contributed by atoms with Crippen molar-refractivity contribution in [2.24, 2.45) is 0 Å². The van der Waals surface area contributed by atoms with Gasteiger partial charge in [-0.25, -0.2) is 9.37 Å². The van der Waals surface area contributed by atoms with Crippen molar-refractivity contribution in [3.63, 3.8) is 0 Å². The molecule has 2 aromatic heterocycles. The van der Waals surface area contributed by atoms with Crippen LogP contribution in [0.2, 0.25) is 5.02 Å². The first kappa shape index (κ1) is 12.5. The van der Waals surface area contributed by atoms with Crippen LogP contribution < -0.4 is 4.74 Å². The molecule has 0 spiro atoms. The van der Waals surface area contributed by atoms with Crippen LogP contribution in [0.25, 0.3) is 5.69 Å². The number of aromatic nitrogens is 5. The minimum absolute atomic E-state index is 0.138. The third-order valence-electron chi connectivity index (χ3n) is 2.41. The van der Waals surface area contributed by atoms with E-state index in [1.807, 2.05) is 0 Å². The van der Waals surface area contributed by atoms with Crippen molar-refractivity contribution in [1.29, 1.82) is 0 Å². The number of pyridine rings is 1. The van der Waals surface area contributed by atoms with Gasteiger partial charge in [0.05, 0.1) is 10.7 Å². The summed E-state index contributed by atoms with van der Waals surface area (Å²) < 4.78 is 18.9. The van der Waals surface area contributed by atoms with Gasteiger partial charge in [0.25, 0.3) is 5.88 Å². The zero-order valence-electron chi connectivity index (χ0n) is 9.94. The largest absolute Gasteiger partial charge is 0.436 e. The molecule has 0 saturated heterocycles. The lowest BCUT2D eigenvalue weighted by atomic mass is 10.3. The Hall–Kier alpha value is -2.54. The lowest BCUT2D eigenvalue weighted by Gasteiger charge is -2.06. The Morgan fingerprint density at radius 2 is 2.00 bits per heavy atom. The van der Waals surface area contributed by atoms with Gasteiger partial charge in [0.1, 0.15) is 5.75 Å². The minimum atomic E-state index is -0.625. The Labute approximate surface area is 117 Å². The van der Waals surface area contributed by atoms with Gasteiger partial charge in [-0.2, -0.15) is 0 Å². The molecular weight excluding hydrogens is 285 g/mol. The Morgan fingerprint density at radius 1 is 1.20 bits per heavy atom. The maximum atomic E-state index is 13.5. The number of nitrogens with zero attached hydrogens (tertiary/aromatic N) is 5. The summed E-state index contributed by atoms with van der Waals surface area (Å²) in [7, 11) is 0. The molecule has 0 aliphatic heterocycles. The van der Waals surface area contributed by atoms with Gasteiger partial charge in [-0.3, -0.25) is 0 Å². The summed E-state index contributed by atoms with van der Waals surface area (Å²) in [5, 5.41) is 11.5. The van der Waals surface area contributed by atoms with E-state index >= 15 is 0 Å². The summed E-state index contributed by atoms with van der Waals surface area (Å²) in [6.45, 7) is 0. The number of halogens is 2. The summed E-state index contributed by atoms with van der Waals surface area (Å²) in [6, 6.07) is 7.86. The number of benzene rings is 1. The van der Waals surface area contributed by atoms with E-state index in [0.717, 1.165) is 6.07 Å². The molecule has 0 amide bonds. The zero-order chi connectivity index (χ0) is 13.9. The van der Waals surface area contributed by atoms with Crippen molar-refractivity contribution < 1.29 is 9.13 Å². The molecule has 8 heteroatoms. The Bertz CT molecular complexity index is 717. The quantitative estimate of drug-likeness (QED) is 0.742. The predicted molar refractivity (Wildman–Crippen MR) is 68.4 cm³/mol. The average molecular weight is 292 g/mol. The van der Waals surface area contributed by atoms with E-state index in [1.54, 1.807) is 24.3 Å². The summed E-state index contributed by atoms with van der Waals surface area (Å²) >= 11 is 5.62. The molecule has 2 heterocycles. The van der Waals surface area contributed by atoms with E-state index in [9.17, 15) is 4.39 Å². The molecule has 0 bridgehead atoms. The summed E-state index contributed by atoms with van der Waals surface area (Å²) in [4.78, 5) is 5.13. The topological polar surface area (TPSA) is 65.7 Å². The van der Waals surface area contributed by atoms with Gasteiger partial charge in [-0.15, -0.1) is 15.0 Å². The Balaban J connectivity index is 1.81. The molecular formula is C12H7ClFN5O.